The van der Waals surface area contributed by atoms with Gasteiger partial charge in [0, 0.05) is 13.6 Å². The lowest BCUT2D eigenvalue weighted by atomic mass is 9.75. The molecule has 8 nitrogen and oxygen atoms in total. The lowest BCUT2D eigenvalue weighted by molar-refractivity contribution is -0.139. The van der Waals surface area contributed by atoms with E-state index in [9.17, 15) is 14.4 Å². The summed E-state index contributed by atoms with van der Waals surface area (Å²) in [6, 6.07) is 5.18. The Balaban J connectivity index is 1.56. The molecule has 1 spiro atoms. The fourth-order valence-corrected chi connectivity index (χ4v) is 4.45. The molecule has 1 aromatic rings. The largest absolute Gasteiger partial charge is 0.493 e. The Morgan fingerprint density at radius 1 is 1.19 bits per heavy atom. The van der Waals surface area contributed by atoms with Gasteiger partial charge in [-0.15, -0.1) is 0 Å². The number of imide groups is 1. The predicted molar refractivity (Wildman–Crippen MR) is 116 cm³/mol. The summed E-state index contributed by atoms with van der Waals surface area (Å²) >= 11 is 0. The van der Waals surface area contributed by atoms with Crippen molar-refractivity contribution in [3.63, 3.8) is 0 Å². The molecule has 2 aliphatic rings. The van der Waals surface area contributed by atoms with Crippen LogP contribution in [0.3, 0.4) is 0 Å². The van der Waals surface area contributed by atoms with Crippen molar-refractivity contribution in [2.75, 3.05) is 34.4 Å². The van der Waals surface area contributed by atoms with Crippen molar-refractivity contribution in [1.29, 1.82) is 0 Å². The van der Waals surface area contributed by atoms with Crippen LogP contribution in [0.4, 0.5) is 4.79 Å². The number of hydrogen-bond acceptors (Lipinski definition) is 5. The quantitative estimate of drug-likeness (QED) is 0.639. The molecular weight excluding hydrogens is 398 g/mol. The average molecular weight is 432 g/mol. The highest BCUT2D eigenvalue weighted by atomic mass is 16.5. The normalized spacial score (nSPS) is 23.1. The van der Waals surface area contributed by atoms with E-state index in [4.69, 9.17) is 9.47 Å². The number of carbonyl (C=O) groups is 3. The van der Waals surface area contributed by atoms with Crippen molar-refractivity contribution < 1.29 is 23.9 Å². The van der Waals surface area contributed by atoms with E-state index in [0.29, 0.717) is 43.2 Å². The molecule has 1 aliphatic heterocycles. The van der Waals surface area contributed by atoms with E-state index in [0.717, 1.165) is 29.7 Å². The SMILES string of the molecule is CCC1CCC2(CC1)NC(=O)N(CC(=O)N(C)CCc1ccc(OC)c(OC)c1)C2=O. The van der Waals surface area contributed by atoms with Crippen LogP contribution in [0.5, 0.6) is 11.5 Å². The third-order valence-electron chi connectivity index (χ3n) is 6.68. The van der Waals surface area contributed by atoms with Crippen molar-refractivity contribution in [1.82, 2.24) is 15.1 Å². The highest BCUT2D eigenvalue weighted by Gasteiger charge is 2.52. The van der Waals surface area contributed by atoms with Gasteiger partial charge in [-0.05, 0) is 55.7 Å². The van der Waals surface area contributed by atoms with E-state index in [1.807, 2.05) is 18.2 Å². The van der Waals surface area contributed by atoms with Crippen LogP contribution in [0.15, 0.2) is 18.2 Å². The van der Waals surface area contributed by atoms with E-state index < -0.39 is 11.6 Å². The molecule has 0 radical (unpaired) electrons. The topological polar surface area (TPSA) is 88.2 Å². The summed E-state index contributed by atoms with van der Waals surface area (Å²) in [5, 5.41) is 2.88. The number of amides is 4. The lowest BCUT2D eigenvalue weighted by Crippen LogP contribution is -2.50. The molecule has 1 aromatic carbocycles. The van der Waals surface area contributed by atoms with Gasteiger partial charge in [0.1, 0.15) is 12.1 Å². The Morgan fingerprint density at radius 2 is 1.87 bits per heavy atom. The summed E-state index contributed by atoms with van der Waals surface area (Å²) in [6.45, 7) is 2.38. The molecule has 31 heavy (non-hydrogen) atoms. The lowest BCUT2D eigenvalue weighted by Gasteiger charge is -2.34. The molecule has 3 rings (SSSR count). The number of likely N-dealkylation sites (N-methyl/N-ethyl adjacent to an activating group) is 1. The number of rotatable bonds is 8. The van der Waals surface area contributed by atoms with Gasteiger partial charge in [-0.2, -0.15) is 0 Å². The third-order valence-corrected chi connectivity index (χ3v) is 6.68. The van der Waals surface area contributed by atoms with Crippen LogP contribution in [-0.2, 0) is 16.0 Å². The average Bonchev–Trinajstić information content (AvgIpc) is 3.01. The number of hydrogen-bond donors (Lipinski definition) is 1. The first-order chi connectivity index (χ1) is 14.8. The van der Waals surface area contributed by atoms with Crippen LogP contribution in [0.1, 0.15) is 44.6 Å². The first-order valence-corrected chi connectivity index (χ1v) is 10.9. The zero-order valence-electron chi connectivity index (χ0n) is 18.9. The molecule has 2 fully saturated rings. The molecule has 4 amide bonds. The molecule has 0 bridgehead atoms. The van der Waals surface area contributed by atoms with E-state index in [1.54, 1.807) is 26.2 Å². The zero-order chi connectivity index (χ0) is 22.6. The number of carbonyl (C=O) groups excluding carboxylic acids is 3. The molecule has 170 valence electrons. The van der Waals surface area contributed by atoms with Crippen LogP contribution in [0, 0.1) is 5.92 Å². The number of ether oxygens (including phenoxy) is 2. The second-order valence-electron chi connectivity index (χ2n) is 8.51. The van der Waals surface area contributed by atoms with Gasteiger partial charge in [0.05, 0.1) is 14.2 Å². The minimum Gasteiger partial charge on any atom is -0.493 e. The minimum absolute atomic E-state index is 0.230. The zero-order valence-corrected chi connectivity index (χ0v) is 18.9. The Hall–Kier alpha value is -2.77. The van der Waals surface area contributed by atoms with E-state index >= 15 is 0 Å². The fraction of sp³-hybridized carbons (Fsp3) is 0.609. The van der Waals surface area contributed by atoms with Gasteiger partial charge in [-0.25, -0.2) is 4.79 Å². The maximum atomic E-state index is 13.0. The van der Waals surface area contributed by atoms with Gasteiger partial charge in [-0.3, -0.25) is 14.5 Å². The number of benzene rings is 1. The Bertz CT molecular complexity index is 833. The first kappa shape index (κ1) is 22.9. The second kappa shape index (κ2) is 9.58. The Kier molecular flexibility index (Phi) is 7.08. The van der Waals surface area contributed by atoms with Crippen LogP contribution >= 0.6 is 0 Å². The van der Waals surface area contributed by atoms with E-state index in [1.165, 1.54) is 0 Å². The summed E-state index contributed by atoms with van der Waals surface area (Å²) < 4.78 is 10.6. The Morgan fingerprint density at radius 3 is 2.48 bits per heavy atom. The molecule has 1 saturated heterocycles. The smallest absolute Gasteiger partial charge is 0.325 e. The Labute approximate surface area is 183 Å². The van der Waals surface area contributed by atoms with Gasteiger partial charge in [0.25, 0.3) is 5.91 Å². The summed E-state index contributed by atoms with van der Waals surface area (Å²) in [7, 11) is 4.85. The number of urea groups is 1. The monoisotopic (exact) mass is 431 g/mol. The van der Waals surface area contributed by atoms with Crippen LogP contribution in [-0.4, -0.2) is 67.5 Å². The highest BCUT2D eigenvalue weighted by molar-refractivity contribution is 6.09. The van der Waals surface area contributed by atoms with Crippen LogP contribution in [0.25, 0.3) is 0 Å². The van der Waals surface area contributed by atoms with Gasteiger partial charge in [0.15, 0.2) is 11.5 Å². The van der Waals surface area contributed by atoms with Gasteiger partial charge < -0.3 is 19.7 Å². The molecule has 0 aromatic heterocycles. The second-order valence-corrected chi connectivity index (χ2v) is 8.51. The minimum atomic E-state index is -0.818. The van der Waals surface area contributed by atoms with Crippen molar-refractivity contribution in [2.45, 2.75) is 51.0 Å². The van der Waals surface area contributed by atoms with E-state index in [-0.39, 0.29) is 18.4 Å². The molecule has 1 saturated carbocycles. The van der Waals surface area contributed by atoms with Gasteiger partial charge in [-0.1, -0.05) is 19.4 Å². The van der Waals surface area contributed by atoms with Crippen LogP contribution < -0.4 is 14.8 Å². The molecule has 0 unspecified atom stereocenters. The molecule has 1 aliphatic carbocycles. The van der Waals surface area contributed by atoms with Crippen molar-refractivity contribution in [3.05, 3.63) is 23.8 Å². The molecule has 1 N–H and O–H groups in total. The number of nitrogens with one attached hydrogen (secondary N) is 1. The van der Waals surface area contributed by atoms with E-state index in [2.05, 4.69) is 12.2 Å². The fourth-order valence-electron chi connectivity index (χ4n) is 4.45. The van der Waals surface area contributed by atoms with Crippen molar-refractivity contribution in [2.24, 2.45) is 5.92 Å². The summed E-state index contributed by atoms with van der Waals surface area (Å²) in [5.41, 5.74) is 0.181. The highest BCUT2D eigenvalue weighted by Crippen LogP contribution is 2.37. The van der Waals surface area contributed by atoms with Gasteiger partial charge >= 0.3 is 6.03 Å². The number of nitrogens with zero attached hydrogens (tertiary/aromatic N) is 2. The summed E-state index contributed by atoms with van der Waals surface area (Å²) in [5.74, 6) is 1.37. The maximum Gasteiger partial charge on any atom is 0.325 e. The standard InChI is InChI=1S/C23H33N3O5/c1-5-16-8-11-23(12-9-16)21(28)26(22(29)24-23)15-20(27)25(2)13-10-17-6-7-18(30-3)19(14-17)31-4/h6-7,14,16H,5,8-13,15H2,1-4H3,(H,24,29). The molecule has 0 atom stereocenters. The number of methoxy groups -OCH3 is 2. The van der Waals surface area contributed by atoms with Crippen LogP contribution in [0.2, 0.25) is 0 Å². The van der Waals surface area contributed by atoms with Crippen molar-refractivity contribution >= 4 is 17.8 Å². The summed E-state index contributed by atoms with van der Waals surface area (Å²) in [6.07, 6.45) is 4.85. The maximum absolute atomic E-state index is 13.0. The van der Waals surface area contributed by atoms with Gasteiger partial charge in [0.2, 0.25) is 5.91 Å². The third kappa shape index (κ3) is 4.78. The molecule has 8 heteroatoms. The first-order valence-electron chi connectivity index (χ1n) is 10.9. The summed E-state index contributed by atoms with van der Waals surface area (Å²) in [4.78, 5) is 40.8. The molecule has 1 heterocycles. The van der Waals surface area contributed by atoms with Crippen molar-refractivity contribution in [3.8, 4) is 11.5 Å². The molecular formula is C23H33N3O5. The predicted octanol–water partition coefficient (Wildman–Crippen LogP) is 2.60.